The molecule has 1 saturated carbocycles. The normalized spacial score (nSPS) is 21.5. The second-order valence-corrected chi connectivity index (χ2v) is 7.46. The third kappa shape index (κ3) is 2.73. The molecule has 1 fully saturated rings. The fourth-order valence-corrected chi connectivity index (χ4v) is 3.97. The molecule has 0 aliphatic heterocycles. The van der Waals surface area contributed by atoms with Gasteiger partial charge < -0.3 is 10.1 Å². The zero-order chi connectivity index (χ0) is 15.8. The van der Waals surface area contributed by atoms with Crippen molar-refractivity contribution < 1.29 is 4.74 Å². The van der Waals surface area contributed by atoms with Crippen molar-refractivity contribution in [3.8, 4) is 0 Å². The van der Waals surface area contributed by atoms with Crippen LogP contribution in [0.5, 0.6) is 0 Å². The Morgan fingerprint density at radius 2 is 2.00 bits per heavy atom. The summed E-state index contributed by atoms with van der Waals surface area (Å²) in [4.78, 5) is 0. The van der Waals surface area contributed by atoms with Crippen molar-refractivity contribution in [2.45, 2.75) is 47.2 Å². The van der Waals surface area contributed by atoms with E-state index in [1.165, 1.54) is 0 Å². The lowest BCUT2D eigenvalue weighted by Gasteiger charge is -2.22. The van der Waals surface area contributed by atoms with Crippen LogP contribution in [0.4, 0.5) is 0 Å². The van der Waals surface area contributed by atoms with Crippen LogP contribution < -0.4 is 5.32 Å². The van der Waals surface area contributed by atoms with Gasteiger partial charge in [0.15, 0.2) is 0 Å². The molecule has 2 rings (SSSR count). The minimum Gasteiger partial charge on any atom is -0.383 e. The molecule has 1 aliphatic rings. The number of aromatic nitrogens is 2. The smallest absolute Gasteiger partial charge is 0.0834 e. The molecule has 5 heteroatoms. The second-order valence-electron chi connectivity index (χ2n) is 7.05. The van der Waals surface area contributed by atoms with Gasteiger partial charge in [0.2, 0.25) is 0 Å². The van der Waals surface area contributed by atoms with Crippen LogP contribution >= 0.6 is 11.6 Å². The molecular formula is C16H28ClN3O. The highest BCUT2D eigenvalue weighted by atomic mass is 35.5. The highest BCUT2D eigenvalue weighted by molar-refractivity contribution is 6.31. The zero-order valence-electron chi connectivity index (χ0n) is 14.0. The highest BCUT2D eigenvalue weighted by Gasteiger charge is 2.67. The Morgan fingerprint density at radius 3 is 2.48 bits per heavy atom. The third-order valence-corrected chi connectivity index (χ3v) is 5.82. The van der Waals surface area contributed by atoms with Crippen LogP contribution in [0.15, 0.2) is 6.20 Å². The largest absolute Gasteiger partial charge is 0.383 e. The SMILES string of the molecule is CCNC(c1c(Cl)cnn1CCOC)C1C(C)(C)C1(C)C. The van der Waals surface area contributed by atoms with Gasteiger partial charge in [0.1, 0.15) is 0 Å². The van der Waals surface area contributed by atoms with Gasteiger partial charge in [-0.2, -0.15) is 5.10 Å². The summed E-state index contributed by atoms with van der Waals surface area (Å²) in [6.45, 7) is 13.8. The molecule has 1 aromatic heterocycles. The molecule has 0 spiro atoms. The quantitative estimate of drug-likeness (QED) is 0.837. The van der Waals surface area contributed by atoms with E-state index in [1.807, 2.05) is 4.68 Å². The van der Waals surface area contributed by atoms with Gasteiger partial charge in [-0.3, -0.25) is 4.68 Å². The van der Waals surface area contributed by atoms with Crippen LogP contribution in [0.2, 0.25) is 5.02 Å². The molecule has 1 atom stereocenters. The lowest BCUT2D eigenvalue weighted by Crippen LogP contribution is -2.28. The number of rotatable bonds is 7. The van der Waals surface area contributed by atoms with E-state index in [-0.39, 0.29) is 6.04 Å². The molecule has 1 aliphatic carbocycles. The zero-order valence-corrected chi connectivity index (χ0v) is 14.8. The first-order valence-electron chi connectivity index (χ1n) is 7.72. The van der Waals surface area contributed by atoms with E-state index in [0.29, 0.717) is 23.4 Å². The lowest BCUT2D eigenvalue weighted by molar-refractivity contribution is 0.181. The second kappa shape index (κ2) is 5.90. The summed E-state index contributed by atoms with van der Waals surface area (Å²) >= 11 is 6.45. The molecule has 120 valence electrons. The van der Waals surface area contributed by atoms with Crippen LogP contribution in [-0.4, -0.2) is 30.0 Å². The summed E-state index contributed by atoms with van der Waals surface area (Å²) < 4.78 is 7.17. The first-order chi connectivity index (χ1) is 9.79. The Morgan fingerprint density at radius 1 is 1.38 bits per heavy atom. The molecule has 21 heavy (non-hydrogen) atoms. The number of methoxy groups -OCH3 is 1. The number of hydrogen-bond donors (Lipinski definition) is 1. The van der Waals surface area contributed by atoms with E-state index in [4.69, 9.17) is 16.3 Å². The van der Waals surface area contributed by atoms with Crippen molar-refractivity contribution >= 4 is 11.6 Å². The van der Waals surface area contributed by atoms with Gasteiger partial charge in [-0.05, 0) is 23.3 Å². The summed E-state index contributed by atoms with van der Waals surface area (Å²) in [5.74, 6) is 0.542. The van der Waals surface area contributed by atoms with E-state index in [9.17, 15) is 0 Å². The first-order valence-corrected chi connectivity index (χ1v) is 8.10. The minimum absolute atomic E-state index is 0.229. The standard InChI is InChI=1S/C16H28ClN3O/c1-7-18-12(14-15(2,3)16(14,4)5)13-11(17)10-19-20(13)8-9-21-6/h10,12,14,18H,7-9H2,1-6H3. The summed E-state index contributed by atoms with van der Waals surface area (Å²) in [7, 11) is 1.71. The summed E-state index contributed by atoms with van der Waals surface area (Å²) in [6.07, 6.45) is 1.75. The minimum atomic E-state index is 0.229. The van der Waals surface area contributed by atoms with E-state index < -0.39 is 0 Å². The molecule has 0 saturated heterocycles. The highest BCUT2D eigenvalue weighted by Crippen LogP contribution is 2.72. The molecule has 0 aromatic carbocycles. The Kier molecular flexibility index (Phi) is 4.72. The van der Waals surface area contributed by atoms with Gasteiger partial charge in [0.05, 0.1) is 36.1 Å². The Hall–Kier alpha value is -0.580. The molecule has 4 nitrogen and oxygen atoms in total. The van der Waals surface area contributed by atoms with E-state index in [0.717, 1.165) is 23.8 Å². The predicted octanol–water partition coefficient (Wildman–Crippen LogP) is 3.52. The van der Waals surface area contributed by atoms with Crippen LogP contribution in [0.3, 0.4) is 0 Å². The molecule has 1 aromatic rings. The Bertz CT molecular complexity index is 482. The number of nitrogens with zero attached hydrogens (tertiary/aromatic N) is 2. The molecular weight excluding hydrogens is 286 g/mol. The topological polar surface area (TPSA) is 39.1 Å². The van der Waals surface area contributed by atoms with E-state index >= 15 is 0 Å². The molecule has 0 bridgehead atoms. The average Bonchev–Trinajstić information content (AvgIpc) is 2.69. The van der Waals surface area contributed by atoms with Crippen LogP contribution in [0.25, 0.3) is 0 Å². The molecule has 1 unspecified atom stereocenters. The molecule has 0 radical (unpaired) electrons. The fraction of sp³-hybridized carbons (Fsp3) is 0.812. The summed E-state index contributed by atoms with van der Waals surface area (Å²) in [5.41, 5.74) is 1.68. The van der Waals surface area contributed by atoms with Crippen LogP contribution in [0.1, 0.15) is 46.4 Å². The molecule has 1 N–H and O–H groups in total. The van der Waals surface area contributed by atoms with Crippen molar-refractivity contribution in [2.75, 3.05) is 20.3 Å². The first kappa shape index (κ1) is 16.8. The van der Waals surface area contributed by atoms with Crippen molar-refractivity contribution in [3.05, 3.63) is 16.9 Å². The number of halogens is 1. The maximum absolute atomic E-state index is 6.45. The number of ether oxygens (including phenoxy) is 1. The summed E-state index contributed by atoms with van der Waals surface area (Å²) in [5, 5.41) is 8.80. The average molecular weight is 314 g/mol. The van der Waals surface area contributed by atoms with Crippen molar-refractivity contribution in [1.82, 2.24) is 15.1 Å². The van der Waals surface area contributed by atoms with Crippen LogP contribution in [-0.2, 0) is 11.3 Å². The van der Waals surface area contributed by atoms with Crippen molar-refractivity contribution in [2.24, 2.45) is 16.7 Å². The Labute approximate surface area is 133 Å². The van der Waals surface area contributed by atoms with Gasteiger partial charge in [0.25, 0.3) is 0 Å². The fourth-order valence-electron chi connectivity index (χ4n) is 3.71. The van der Waals surface area contributed by atoms with Gasteiger partial charge in [-0.25, -0.2) is 0 Å². The maximum Gasteiger partial charge on any atom is 0.0834 e. The lowest BCUT2D eigenvalue weighted by atomic mass is 10.0. The van der Waals surface area contributed by atoms with Gasteiger partial charge >= 0.3 is 0 Å². The van der Waals surface area contributed by atoms with Gasteiger partial charge in [-0.1, -0.05) is 46.2 Å². The van der Waals surface area contributed by atoms with Crippen molar-refractivity contribution in [1.29, 1.82) is 0 Å². The number of hydrogen-bond acceptors (Lipinski definition) is 3. The monoisotopic (exact) mass is 313 g/mol. The predicted molar refractivity (Wildman–Crippen MR) is 86.6 cm³/mol. The van der Waals surface area contributed by atoms with Crippen LogP contribution in [0, 0.1) is 16.7 Å². The summed E-state index contributed by atoms with van der Waals surface area (Å²) in [6, 6.07) is 0.229. The molecule has 1 heterocycles. The Balaban J connectivity index is 2.34. The van der Waals surface area contributed by atoms with Gasteiger partial charge in [0, 0.05) is 7.11 Å². The molecule has 0 amide bonds. The maximum atomic E-state index is 6.45. The van der Waals surface area contributed by atoms with E-state index in [2.05, 4.69) is 45.0 Å². The third-order valence-electron chi connectivity index (χ3n) is 5.52. The van der Waals surface area contributed by atoms with E-state index in [1.54, 1.807) is 13.3 Å². The number of nitrogens with one attached hydrogen (secondary N) is 1. The van der Waals surface area contributed by atoms with Gasteiger partial charge in [-0.15, -0.1) is 0 Å². The van der Waals surface area contributed by atoms with Crippen molar-refractivity contribution in [3.63, 3.8) is 0 Å².